The second-order valence-corrected chi connectivity index (χ2v) is 4.48. The van der Waals surface area contributed by atoms with Crippen molar-refractivity contribution in [3.8, 4) is 0 Å². The topological polar surface area (TPSA) is 37.3 Å². The number of hydrogen-bond acceptors (Lipinski definition) is 3. The molecule has 1 rings (SSSR count). The van der Waals surface area contributed by atoms with Gasteiger partial charge in [0.25, 0.3) is 0 Å². The molecule has 0 saturated carbocycles. The summed E-state index contributed by atoms with van der Waals surface area (Å²) in [5, 5.41) is 0. The van der Waals surface area contributed by atoms with E-state index in [0.717, 1.165) is 45.4 Å². The van der Waals surface area contributed by atoms with Gasteiger partial charge in [0, 0.05) is 46.4 Å². The Morgan fingerprint density at radius 1 is 1.06 bits per heavy atom. The standard InChI is InChI=1S/C12H25N3O2/c1-11(2)13-12-14(7-9-16-3)5-6-15(12)8-10-17-4/h11H,5-10H2,1-4H3. The number of aliphatic imine (C=N–C) groups is 1. The molecule has 1 heterocycles. The van der Waals surface area contributed by atoms with Crippen LogP contribution in [0.5, 0.6) is 0 Å². The fraction of sp³-hybridized carbons (Fsp3) is 0.917. The first-order chi connectivity index (χ1) is 8.19. The zero-order valence-electron chi connectivity index (χ0n) is 11.5. The van der Waals surface area contributed by atoms with Crippen LogP contribution in [-0.2, 0) is 9.47 Å². The molecule has 0 aromatic rings. The van der Waals surface area contributed by atoms with Crippen LogP contribution in [0, 0.1) is 0 Å². The van der Waals surface area contributed by atoms with Gasteiger partial charge in [-0.05, 0) is 13.8 Å². The molecule has 0 bridgehead atoms. The van der Waals surface area contributed by atoms with Crippen LogP contribution in [-0.4, -0.2) is 75.4 Å². The summed E-state index contributed by atoms with van der Waals surface area (Å²) in [4.78, 5) is 9.28. The van der Waals surface area contributed by atoms with E-state index in [1.54, 1.807) is 14.2 Å². The Morgan fingerprint density at radius 3 is 1.88 bits per heavy atom. The molecule has 0 aromatic heterocycles. The Morgan fingerprint density at radius 2 is 1.53 bits per heavy atom. The van der Waals surface area contributed by atoms with Crippen molar-refractivity contribution >= 4 is 5.96 Å². The minimum atomic E-state index is 0.318. The van der Waals surface area contributed by atoms with Crippen LogP contribution in [0.1, 0.15) is 13.8 Å². The Balaban J connectivity index is 2.61. The van der Waals surface area contributed by atoms with Gasteiger partial charge in [0.15, 0.2) is 5.96 Å². The van der Waals surface area contributed by atoms with E-state index < -0.39 is 0 Å². The SMILES string of the molecule is COCCN1CCN(CCOC)C1=NC(C)C. The smallest absolute Gasteiger partial charge is 0.197 e. The molecule has 5 heteroatoms. The van der Waals surface area contributed by atoms with Gasteiger partial charge in [0.1, 0.15) is 0 Å². The number of hydrogen-bond donors (Lipinski definition) is 0. The number of rotatable bonds is 7. The number of ether oxygens (including phenoxy) is 2. The van der Waals surface area contributed by atoms with Gasteiger partial charge in [-0.1, -0.05) is 0 Å². The first-order valence-electron chi connectivity index (χ1n) is 6.24. The molecule has 1 fully saturated rings. The third-order valence-electron chi connectivity index (χ3n) is 2.71. The first kappa shape index (κ1) is 14.3. The third kappa shape index (κ3) is 4.52. The number of guanidine groups is 1. The minimum absolute atomic E-state index is 0.318. The molecule has 1 saturated heterocycles. The Bertz CT molecular complexity index is 226. The molecule has 5 nitrogen and oxygen atoms in total. The maximum Gasteiger partial charge on any atom is 0.197 e. The zero-order chi connectivity index (χ0) is 12.7. The highest BCUT2D eigenvalue weighted by Crippen LogP contribution is 2.10. The molecular formula is C12H25N3O2. The molecule has 100 valence electrons. The average molecular weight is 243 g/mol. The summed E-state index contributed by atoms with van der Waals surface area (Å²) < 4.78 is 10.3. The molecule has 1 aliphatic heterocycles. The monoisotopic (exact) mass is 243 g/mol. The summed E-state index contributed by atoms with van der Waals surface area (Å²) in [5.74, 6) is 1.09. The van der Waals surface area contributed by atoms with E-state index in [-0.39, 0.29) is 0 Å². The molecule has 0 amide bonds. The van der Waals surface area contributed by atoms with Crippen LogP contribution in [0.15, 0.2) is 4.99 Å². The molecule has 0 aliphatic carbocycles. The fourth-order valence-electron chi connectivity index (χ4n) is 1.86. The minimum Gasteiger partial charge on any atom is -0.383 e. The maximum atomic E-state index is 5.13. The van der Waals surface area contributed by atoms with E-state index in [1.807, 2.05) is 0 Å². The molecular weight excluding hydrogens is 218 g/mol. The largest absolute Gasteiger partial charge is 0.383 e. The summed E-state index contributed by atoms with van der Waals surface area (Å²) in [5.41, 5.74) is 0. The molecule has 0 atom stereocenters. The van der Waals surface area contributed by atoms with Crippen molar-refractivity contribution < 1.29 is 9.47 Å². The predicted molar refractivity (Wildman–Crippen MR) is 69.5 cm³/mol. The van der Waals surface area contributed by atoms with Gasteiger partial charge in [-0.15, -0.1) is 0 Å². The summed E-state index contributed by atoms with van der Waals surface area (Å²) in [6.45, 7) is 9.57. The van der Waals surface area contributed by atoms with E-state index >= 15 is 0 Å². The lowest BCUT2D eigenvalue weighted by Gasteiger charge is -2.23. The van der Waals surface area contributed by atoms with E-state index in [1.165, 1.54) is 0 Å². The van der Waals surface area contributed by atoms with Crippen molar-refractivity contribution in [2.24, 2.45) is 4.99 Å². The second-order valence-electron chi connectivity index (χ2n) is 4.48. The average Bonchev–Trinajstić information content (AvgIpc) is 2.65. The highest BCUT2D eigenvalue weighted by molar-refractivity contribution is 5.82. The van der Waals surface area contributed by atoms with Crippen molar-refractivity contribution in [2.75, 3.05) is 53.6 Å². The lowest BCUT2D eigenvalue weighted by atomic mass is 10.4. The summed E-state index contributed by atoms with van der Waals surface area (Å²) >= 11 is 0. The predicted octanol–water partition coefficient (Wildman–Crippen LogP) is 0.661. The molecule has 0 radical (unpaired) electrons. The number of methoxy groups -OCH3 is 2. The second kappa shape index (κ2) is 7.50. The molecule has 0 aromatic carbocycles. The lowest BCUT2D eigenvalue weighted by Crippen LogP contribution is -2.37. The van der Waals surface area contributed by atoms with Gasteiger partial charge in [0.2, 0.25) is 0 Å². The Kier molecular flexibility index (Phi) is 6.29. The van der Waals surface area contributed by atoms with Crippen LogP contribution in [0.3, 0.4) is 0 Å². The normalized spacial score (nSPS) is 16.2. The molecule has 0 spiro atoms. The van der Waals surface area contributed by atoms with Gasteiger partial charge in [-0.25, -0.2) is 0 Å². The number of nitrogens with zero attached hydrogens (tertiary/aromatic N) is 3. The van der Waals surface area contributed by atoms with Gasteiger partial charge in [0.05, 0.1) is 13.2 Å². The highest BCUT2D eigenvalue weighted by Gasteiger charge is 2.25. The molecule has 1 aliphatic rings. The summed E-state index contributed by atoms with van der Waals surface area (Å²) in [6, 6.07) is 0.318. The molecule has 17 heavy (non-hydrogen) atoms. The summed E-state index contributed by atoms with van der Waals surface area (Å²) in [6.07, 6.45) is 0. The van der Waals surface area contributed by atoms with Gasteiger partial charge >= 0.3 is 0 Å². The van der Waals surface area contributed by atoms with Gasteiger partial charge in [-0.2, -0.15) is 0 Å². The van der Waals surface area contributed by atoms with Crippen LogP contribution in [0.2, 0.25) is 0 Å². The Hall–Kier alpha value is -0.810. The van der Waals surface area contributed by atoms with Crippen molar-refractivity contribution in [1.29, 1.82) is 0 Å². The van der Waals surface area contributed by atoms with Crippen LogP contribution in [0.25, 0.3) is 0 Å². The summed E-state index contributed by atoms with van der Waals surface area (Å²) in [7, 11) is 3.47. The molecule has 0 unspecified atom stereocenters. The van der Waals surface area contributed by atoms with Crippen molar-refractivity contribution in [1.82, 2.24) is 9.80 Å². The van der Waals surface area contributed by atoms with Crippen molar-refractivity contribution in [2.45, 2.75) is 19.9 Å². The van der Waals surface area contributed by atoms with E-state index in [4.69, 9.17) is 14.5 Å². The Labute approximate surface area is 104 Å². The molecule has 0 N–H and O–H groups in total. The van der Waals surface area contributed by atoms with Crippen LogP contribution >= 0.6 is 0 Å². The van der Waals surface area contributed by atoms with Crippen molar-refractivity contribution in [3.63, 3.8) is 0 Å². The van der Waals surface area contributed by atoms with E-state index in [0.29, 0.717) is 6.04 Å². The van der Waals surface area contributed by atoms with Gasteiger partial charge < -0.3 is 19.3 Å². The van der Waals surface area contributed by atoms with E-state index in [2.05, 4.69) is 23.6 Å². The van der Waals surface area contributed by atoms with E-state index in [9.17, 15) is 0 Å². The van der Waals surface area contributed by atoms with Crippen molar-refractivity contribution in [3.05, 3.63) is 0 Å². The zero-order valence-corrected chi connectivity index (χ0v) is 11.5. The first-order valence-corrected chi connectivity index (χ1v) is 6.24. The van der Waals surface area contributed by atoms with Crippen LogP contribution < -0.4 is 0 Å². The highest BCUT2D eigenvalue weighted by atomic mass is 16.5. The maximum absolute atomic E-state index is 5.13. The lowest BCUT2D eigenvalue weighted by molar-refractivity contribution is 0.176. The quantitative estimate of drug-likeness (QED) is 0.658. The van der Waals surface area contributed by atoms with Gasteiger partial charge in [-0.3, -0.25) is 4.99 Å². The van der Waals surface area contributed by atoms with Crippen LogP contribution in [0.4, 0.5) is 0 Å². The fourth-order valence-corrected chi connectivity index (χ4v) is 1.86. The third-order valence-corrected chi connectivity index (χ3v) is 2.71.